The molecule has 2 aromatic rings. The molecule has 2 nitrogen and oxygen atoms in total. The van der Waals surface area contributed by atoms with Crippen molar-refractivity contribution in [3.05, 3.63) is 41.9 Å². The molecule has 1 aromatic heterocycles. The van der Waals surface area contributed by atoms with Gasteiger partial charge in [0.1, 0.15) is 0 Å². The van der Waals surface area contributed by atoms with E-state index in [-0.39, 0.29) is 0 Å². The van der Waals surface area contributed by atoms with Crippen molar-refractivity contribution in [2.75, 3.05) is 0 Å². The Labute approximate surface area is 89.0 Å². The van der Waals surface area contributed by atoms with Crippen LogP contribution in [0.2, 0.25) is 0 Å². The average molecular weight is 199 g/mol. The molecule has 0 saturated heterocycles. The van der Waals surface area contributed by atoms with Crippen molar-refractivity contribution in [2.45, 2.75) is 25.7 Å². The lowest BCUT2D eigenvalue weighted by molar-refractivity contribution is 0.570. The molecule has 1 aliphatic carbocycles. The lowest BCUT2D eigenvalue weighted by atomic mass is 9.88. The minimum absolute atomic E-state index is 0.897. The highest BCUT2D eigenvalue weighted by Crippen LogP contribution is 2.31. The van der Waals surface area contributed by atoms with Gasteiger partial charge in [-0.05, 0) is 36.8 Å². The number of aryl methyl sites for hydroxylation is 1. The van der Waals surface area contributed by atoms with E-state index in [9.17, 15) is 0 Å². The summed E-state index contributed by atoms with van der Waals surface area (Å²) >= 11 is 0. The van der Waals surface area contributed by atoms with Crippen molar-refractivity contribution in [1.82, 2.24) is 4.98 Å². The van der Waals surface area contributed by atoms with Crippen LogP contribution in [0.5, 0.6) is 0 Å². The van der Waals surface area contributed by atoms with Crippen LogP contribution in [0.4, 0.5) is 0 Å². The Kier molecular flexibility index (Phi) is 2.05. The van der Waals surface area contributed by atoms with E-state index in [2.05, 4.69) is 23.2 Å². The maximum atomic E-state index is 5.37. The molecule has 0 aliphatic heterocycles. The Morgan fingerprint density at radius 1 is 1.13 bits per heavy atom. The fourth-order valence-electron chi connectivity index (χ4n) is 2.36. The molecule has 0 atom stereocenters. The summed E-state index contributed by atoms with van der Waals surface area (Å²) in [6.07, 6.45) is 8.27. The molecule has 0 spiro atoms. The summed E-state index contributed by atoms with van der Waals surface area (Å²) in [5.74, 6) is 0.897. The first-order chi connectivity index (χ1) is 7.45. The van der Waals surface area contributed by atoms with E-state index in [1.807, 2.05) is 0 Å². The zero-order chi connectivity index (χ0) is 10.1. The van der Waals surface area contributed by atoms with Crippen LogP contribution >= 0.6 is 0 Å². The highest BCUT2D eigenvalue weighted by Gasteiger charge is 2.15. The molecular weight excluding hydrogens is 186 g/mol. The highest BCUT2D eigenvalue weighted by atomic mass is 16.3. The number of rotatable bonds is 1. The van der Waals surface area contributed by atoms with Crippen LogP contribution in [0.15, 0.2) is 35.2 Å². The third-order valence-electron chi connectivity index (χ3n) is 3.09. The van der Waals surface area contributed by atoms with Crippen molar-refractivity contribution in [1.29, 1.82) is 0 Å². The van der Waals surface area contributed by atoms with Gasteiger partial charge in [0.15, 0.2) is 12.2 Å². The standard InChI is InChI=1S/C13H13NO/c1-2-6-11-10(4-1)5-3-7-12(11)13-8-14-9-15-13/h3,5,7-9H,1-2,4,6H2. The third-order valence-corrected chi connectivity index (χ3v) is 3.09. The maximum Gasteiger partial charge on any atom is 0.181 e. The molecule has 0 amide bonds. The largest absolute Gasteiger partial charge is 0.444 e. The molecule has 0 N–H and O–H groups in total. The van der Waals surface area contributed by atoms with Crippen molar-refractivity contribution in [2.24, 2.45) is 0 Å². The number of nitrogens with zero attached hydrogens (tertiary/aromatic N) is 1. The van der Waals surface area contributed by atoms with Crippen LogP contribution in [0.3, 0.4) is 0 Å². The second-order valence-corrected chi connectivity index (χ2v) is 4.02. The minimum Gasteiger partial charge on any atom is -0.444 e. The van der Waals surface area contributed by atoms with Crippen LogP contribution in [-0.2, 0) is 12.8 Å². The SMILES string of the molecule is c1cc2c(c(-c3cnco3)c1)CCCC2. The predicted octanol–water partition coefficient (Wildman–Crippen LogP) is 3.22. The molecule has 2 heteroatoms. The molecule has 1 heterocycles. The fourth-order valence-corrected chi connectivity index (χ4v) is 2.36. The van der Waals surface area contributed by atoms with Gasteiger partial charge in [0.05, 0.1) is 6.20 Å². The zero-order valence-electron chi connectivity index (χ0n) is 8.57. The lowest BCUT2D eigenvalue weighted by Gasteiger charge is -2.17. The second kappa shape index (κ2) is 3.54. The Morgan fingerprint density at radius 2 is 2.07 bits per heavy atom. The summed E-state index contributed by atoms with van der Waals surface area (Å²) in [5, 5.41) is 0. The van der Waals surface area contributed by atoms with E-state index in [4.69, 9.17) is 4.42 Å². The van der Waals surface area contributed by atoms with E-state index >= 15 is 0 Å². The van der Waals surface area contributed by atoms with Gasteiger partial charge >= 0.3 is 0 Å². The predicted molar refractivity (Wildman–Crippen MR) is 58.6 cm³/mol. The number of benzene rings is 1. The molecule has 0 radical (unpaired) electrons. The molecule has 1 aliphatic rings. The number of oxazole rings is 1. The second-order valence-electron chi connectivity index (χ2n) is 4.02. The first kappa shape index (κ1) is 8.72. The van der Waals surface area contributed by atoms with E-state index in [1.54, 1.807) is 6.20 Å². The molecule has 0 fully saturated rings. The third kappa shape index (κ3) is 1.46. The summed E-state index contributed by atoms with van der Waals surface area (Å²) in [6, 6.07) is 6.47. The number of fused-ring (bicyclic) bond motifs is 1. The monoisotopic (exact) mass is 199 g/mol. The van der Waals surface area contributed by atoms with Crippen LogP contribution < -0.4 is 0 Å². The van der Waals surface area contributed by atoms with Crippen LogP contribution in [0.1, 0.15) is 24.0 Å². The quantitative estimate of drug-likeness (QED) is 0.704. The van der Waals surface area contributed by atoms with Gasteiger partial charge in [-0.3, -0.25) is 0 Å². The fraction of sp³-hybridized carbons (Fsp3) is 0.308. The Bertz CT molecular complexity index is 459. The van der Waals surface area contributed by atoms with Gasteiger partial charge in [-0.2, -0.15) is 0 Å². The molecule has 0 saturated carbocycles. The van der Waals surface area contributed by atoms with Crippen molar-refractivity contribution in [3.63, 3.8) is 0 Å². The number of hydrogen-bond donors (Lipinski definition) is 0. The first-order valence-electron chi connectivity index (χ1n) is 5.45. The van der Waals surface area contributed by atoms with Crippen LogP contribution in [0, 0.1) is 0 Å². The van der Waals surface area contributed by atoms with E-state index in [0.29, 0.717) is 0 Å². The minimum atomic E-state index is 0.897. The van der Waals surface area contributed by atoms with Crippen molar-refractivity contribution >= 4 is 0 Å². The molecule has 0 bridgehead atoms. The van der Waals surface area contributed by atoms with Gasteiger partial charge in [0.2, 0.25) is 0 Å². The molecule has 76 valence electrons. The topological polar surface area (TPSA) is 26.0 Å². The van der Waals surface area contributed by atoms with Crippen LogP contribution in [0.25, 0.3) is 11.3 Å². The van der Waals surface area contributed by atoms with Gasteiger partial charge < -0.3 is 4.42 Å². The van der Waals surface area contributed by atoms with E-state index in [0.717, 1.165) is 5.76 Å². The zero-order valence-corrected chi connectivity index (χ0v) is 8.57. The van der Waals surface area contributed by atoms with Gasteiger partial charge in [-0.25, -0.2) is 4.98 Å². The summed E-state index contributed by atoms with van der Waals surface area (Å²) in [7, 11) is 0. The van der Waals surface area contributed by atoms with E-state index < -0.39 is 0 Å². The van der Waals surface area contributed by atoms with Gasteiger partial charge in [-0.1, -0.05) is 18.2 Å². The molecule has 3 rings (SSSR count). The first-order valence-corrected chi connectivity index (χ1v) is 5.45. The number of hydrogen-bond acceptors (Lipinski definition) is 2. The summed E-state index contributed by atoms with van der Waals surface area (Å²) in [5.41, 5.74) is 4.17. The highest BCUT2D eigenvalue weighted by molar-refractivity contribution is 5.63. The Balaban J connectivity index is 2.15. The van der Waals surface area contributed by atoms with Crippen molar-refractivity contribution in [3.8, 4) is 11.3 Å². The smallest absolute Gasteiger partial charge is 0.181 e. The van der Waals surface area contributed by atoms with Crippen molar-refractivity contribution < 1.29 is 4.42 Å². The molecule has 0 unspecified atom stereocenters. The van der Waals surface area contributed by atoms with Gasteiger partial charge in [0, 0.05) is 5.56 Å². The van der Waals surface area contributed by atoms with Gasteiger partial charge in [-0.15, -0.1) is 0 Å². The maximum absolute atomic E-state index is 5.37. The summed E-state index contributed by atoms with van der Waals surface area (Å²) < 4.78 is 5.37. The summed E-state index contributed by atoms with van der Waals surface area (Å²) in [4.78, 5) is 3.98. The lowest BCUT2D eigenvalue weighted by Crippen LogP contribution is -2.03. The van der Waals surface area contributed by atoms with E-state index in [1.165, 1.54) is 48.8 Å². The number of aromatic nitrogens is 1. The normalized spacial score (nSPS) is 14.9. The van der Waals surface area contributed by atoms with Gasteiger partial charge in [0.25, 0.3) is 0 Å². The summed E-state index contributed by atoms with van der Waals surface area (Å²) in [6.45, 7) is 0. The average Bonchev–Trinajstić information content (AvgIpc) is 2.82. The Hall–Kier alpha value is -1.57. The van der Waals surface area contributed by atoms with Crippen LogP contribution in [-0.4, -0.2) is 4.98 Å². The molecule has 1 aromatic carbocycles. The molecular formula is C13H13NO. The molecule has 15 heavy (non-hydrogen) atoms. The Morgan fingerprint density at radius 3 is 2.93 bits per heavy atom.